The monoisotopic (exact) mass is 269 g/mol. The molecule has 0 atom stereocenters. The first-order valence-electron chi connectivity index (χ1n) is 5.90. The second kappa shape index (κ2) is 6.14. The first kappa shape index (κ1) is 14.9. The zero-order valence-corrected chi connectivity index (χ0v) is 12.5. The van der Waals surface area contributed by atoms with Crippen molar-refractivity contribution in [3.63, 3.8) is 0 Å². The highest BCUT2D eigenvalue weighted by Crippen LogP contribution is 2.21. The lowest BCUT2D eigenvalue weighted by molar-refractivity contribution is -0.158. The molecule has 4 heteroatoms. The summed E-state index contributed by atoms with van der Waals surface area (Å²) in [5.41, 5.74) is -0.961. The molecule has 0 N–H and O–H groups in total. The molecule has 0 aliphatic heterocycles. The van der Waals surface area contributed by atoms with Gasteiger partial charge < -0.3 is 9.47 Å². The SMILES string of the molecule is CCOC(=O)C(C)(C)Oc1ccc([S+](C)C)cc1. The van der Waals surface area contributed by atoms with Crippen molar-refractivity contribution in [3.8, 4) is 5.75 Å². The summed E-state index contributed by atoms with van der Waals surface area (Å²) in [6.07, 6.45) is 4.33. The highest BCUT2D eigenvalue weighted by Gasteiger charge is 2.31. The van der Waals surface area contributed by atoms with Crippen LogP contribution < -0.4 is 4.74 Å². The van der Waals surface area contributed by atoms with E-state index in [0.717, 1.165) is 0 Å². The molecular formula is C14H21O3S+. The largest absolute Gasteiger partial charge is 0.476 e. The first-order valence-corrected chi connectivity index (χ1v) is 7.95. The van der Waals surface area contributed by atoms with Gasteiger partial charge in [0, 0.05) is 10.9 Å². The van der Waals surface area contributed by atoms with Gasteiger partial charge in [0.2, 0.25) is 0 Å². The fourth-order valence-electron chi connectivity index (χ4n) is 1.42. The number of hydrogen-bond acceptors (Lipinski definition) is 3. The number of esters is 1. The molecule has 0 spiro atoms. The molecule has 0 aromatic heterocycles. The van der Waals surface area contributed by atoms with E-state index < -0.39 is 5.60 Å². The summed E-state index contributed by atoms with van der Waals surface area (Å²) in [5.74, 6) is 0.335. The number of rotatable bonds is 5. The van der Waals surface area contributed by atoms with Crippen molar-refractivity contribution in [2.75, 3.05) is 19.1 Å². The maximum absolute atomic E-state index is 11.7. The Kier molecular flexibility index (Phi) is 5.08. The number of carbonyl (C=O) groups is 1. The molecule has 0 amide bonds. The number of benzene rings is 1. The first-order chi connectivity index (χ1) is 8.36. The third-order valence-corrected chi connectivity index (χ3v) is 3.65. The van der Waals surface area contributed by atoms with Crippen LogP contribution in [0.2, 0.25) is 0 Å². The van der Waals surface area contributed by atoms with Gasteiger partial charge in [0.15, 0.2) is 10.5 Å². The highest BCUT2D eigenvalue weighted by molar-refractivity contribution is 7.95. The molecule has 0 aliphatic carbocycles. The van der Waals surface area contributed by atoms with Gasteiger partial charge in [-0.2, -0.15) is 0 Å². The summed E-state index contributed by atoms with van der Waals surface area (Å²) >= 11 is 0. The van der Waals surface area contributed by atoms with Gasteiger partial charge in [-0.05, 0) is 45.0 Å². The maximum atomic E-state index is 11.7. The Morgan fingerprint density at radius 2 is 1.78 bits per heavy atom. The van der Waals surface area contributed by atoms with Crippen LogP contribution in [0.25, 0.3) is 0 Å². The van der Waals surface area contributed by atoms with Crippen LogP contribution in [0.15, 0.2) is 29.2 Å². The van der Waals surface area contributed by atoms with Gasteiger partial charge in [-0.25, -0.2) is 4.79 Å². The van der Waals surface area contributed by atoms with Crippen LogP contribution in [0.1, 0.15) is 20.8 Å². The van der Waals surface area contributed by atoms with Crippen LogP contribution >= 0.6 is 0 Å². The van der Waals surface area contributed by atoms with E-state index in [1.165, 1.54) is 4.90 Å². The van der Waals surface area contributed by atoms with Gasteiger partial charge in [0.05, 0.1) is 6.61 Å². The van der Waals surface area contributed by atoms with Crippen molar-refractivity contribution >= 4 is 16.9 Å². The highest BCUT2D eigenvalue weighted by atomic mass is 32.2. The molecule has 0 saturated heterocycles. The molecule has 1 aromatic rings. The molecule has 3 nitrogen and oxygen atoms in total. The Bertz CT molecular complexity index is 396. The van der Waals surface area contributed by atoms with Crippen molar-refractivity contribution in [2.24, 2.45) is 0 Å². The van der Waals surface area contributed by atoms with Crippen LogP contribution in [0.5, 0.6) is 5.75 Å². The summed E-state index contributed by atoms with van der Waals surface area (Å²) in [5, 5.41) is 0. The standard InChI is InChI=1S/C14H21O3S/c1-6-16-13(15)14(2,3)17-11-7-9-12(10-8-11)18(4)5/h7-10H,6H2,1-5H3/q+1. The molecule has 0 aliphatic rings. The van der Waals surface area contributed by atoms with E-state index >= 15 is 0 Å². The zero-order chi connectivity index (χ0) is 13.8. The molecule has 0 saturated carbocycles. The van der Waals surface area contributed by atoms with Crippen molar-refractivity contribution in [3.05, 3.63) is 24.3 Å². The molecule has 0 heterocycles. The summed E-state index contributed by atoms with van der Waals surface area (Å²) in [6, 6.07) is 7.84. The van der Waals surface area contributed by atoms with E-state index in [1.54, 1.807) is 20.8 Å². The Morgan fingerprint density at radius 3 is 2.22 bits per heavy atom. The second-order valence-electron chi connectivity index (χ2n) is 4.62. The van der Waals surface area contributed by atoms with Gasteiger partial charge in [-0.1, -0.05) is 0 Å². The maximum Gasteiger partial charge on any atom is 0.349 e. The van der Waals surface area contributed by atoms with Crippen molar-refractivity contribution in [1.29, 1.82) is 0 Å². The van der Waals surface area contributed by atoms with Gasteiger partial charge in [0.1, 0.15) is 18.3 Å². The molecule has 0 unspecified atom stereocenters. The summed E-state index contributed by atoms with van der Waals surface area (Å²) in [7, 11) is 0.231. The predicted molar refractivity (Wildman–Crippen MR) is 75.3 cm³/mol. The van der Waals surface area contributed by atoms with Crippen molar-refractivity contribution < 1.29 is 14.3 Å². The minimum absolute atomic E-state index is 0.231. The van der Waals surface area contributed by atoms with Gasteiger partial charge in [-0.3, -0.25) is 0 Å². The van der Waals surface area contributed by atoms with Crippen LogP contribution in [-0.2, 0) is 20.4 Å². The normalized spacial score (nSPS) is 11.4. The van der Waals surface area contributed by atoms with Crippen LogP contribution in [0.4, 0.5) is 0 Å². The fourth-order valence-corrected chi connectivity index (χ4v) is 2.10. The number of ether oxygens (including phenoxy) is 2. The van der Waals surface area contributed by atoms with E-state index in [-0.39, 0.29) is 16.9 Å². The van der Waals surface area contributed by atoms with Crippen LogP contribution in [0.3, 0.4) is 0 Å². The molecule has 0 fully saturated rings. The van der Waals surface area contributed by atoms with Gasteiger partial charge in [0.25, 0.3) is 0 Å². The van der Waals surface area contributed by atoms with Crippen molar-refractivity contribution in [2.45, 2.75) is 31.3 Å². The smallest absolute Gasteiger partial charge is 0.349 e. The molecule has 100 valence electrons. The summed E-state index contributed by atoms with van der Waals surface area (Å²) in [6.45, 7) is 5.57. The van der Waals surface area contributed by atoms with E-state index in [2.05, 4.69) is 12.5 Å². The molecular weight excluding hydrogens is 248 g/mol. The average molecular weight is 269 g/mol. The van der Waals surface area contributed by atoms with Gasteiger partial charge in [-0.15, -0.1) is 0 Å². The minimum Gasteiger partial charge on any atom is -0.476 e. The van der Waals surface area contributed by atoms with Gasteiger partial charge >= 0.3 is 5.97 Å². The Morgan fingerprint density at radius 1 is 1.22 bits per heavy atom. The third kappa shape index (κ3) is 3.95. The average Bonchev–Trinajstić information content (AvgIpc) is 2.29. The summed E-state index contributed by atoms with van der Waals surface area (Å²) in [4.78, 5) is 13.0. The van der Waals surface area contributed by atoms with E-state index in [1.807, 2.05) is 24.3 Å². The second-order valence-corrected chi connectivity index (χ2v) is 6.73. The lowest BCUT2D eigenvalue weighted by Gasteiger charge is -2.23. The molecule has 18 heavy (non-hydrogen) atoms. The molecule has 0 bridgehead atoms. The Labute approximate surface area is 112 Å². The zero-order valence-electron chi connectivity index (χ0n) is 11.6. The lowest BCUT2D eigenvalue weighted by Crippen LogP contribution is -2.39. The fraction of sp³-hybridized carbons (Fsp3) is 0.500. The minimum atomic E-state index is -0.961. The third-order valence-electron chi connectivity index (χ3n) is 2.44. The lowest BCUT2D eigenvalue weighted by atomic mass is 10.1. The van der Waals surface area contributed by atoms with E-state index in [9.17, 15) is 4.79 Å². The number of hydrogen-bond donors (Lipinski definition) is 0. The van der Waals surface area contributed by atoms with E-state index in [0.29, 0.717) is 12.4 Å². The van der Waals surface area contributed by atoms with Crippen LogP contribution in [-0.4, -0.2) is 30.7 Å². The summed E-state index contributed by atoms with van der Waals surface area (Å²) < 4.78 is 10.7. The molecule has 0 radical (unpaired) electrons. The number of carbonyl (C=O) groups excluding carboxylic acids is 1. The Hall–Kier alpha value is -1.16. The quantitative estimate of drug-likeness (QED) is 0.609. The van der Waals surface area contributed by atoms with Crippen LogP contribution in [0, 0.1) is 0 Å². The molecule has 1 rings (SSSR count). The Balaban J connectivity index is 2.75. The topological polar surface area (TPSA) is 35.5 Å². The molecule has 1 aromatic carbocycles. The van der Waals surface area contributed by atoms with Crippen molar-refractivity contribution in [1.82, 2.24) is 0 Å². The van der Waals surface area contributed by atoms with E-state index in [4.69, 9.17) is 9.47 Å². The predicted octanol–water partition coefficient (Wildman–Crippen LogP) is 2.64.